The molecule has 0 spiro atoms. The maximum Gasteiger partial charge on any atom is 0.407 e. The summed E-state index contributed by atoms with van der Waals surface area (Å²) in [5.41, 5.74) is 1.66. The molecule has 52 heavy (non-hydrogen) atoms. The number of pyridine rings is 1. The highest BCUT2D eigenvalue weighted by Gasteiger charge is 2.33. The Balaban J connectivity index is 1.87. The number of hydrogen-bond acceptors (Lipinski definition) is 11. The summed E-state index contributed by atoms with van der Waals surface area (Å²) in [5.74, 6) is -4.90. The van der Waals surface area contributed by atoms with Crippen molar-refractivity contribution in [1.82, 2.24) is 26.3 Å². The van der Waals surface area contributed by atoms with E-state index in [1.165, 1.54) is 0 Å². The fourth-order valence-electron chi connectivity index (χ4n) is 4.98. The molecule has 2 unspecified atom stereocenters. The van der Waals surface area contributed by atoms with Crippen molar-refractivity contribution >= 4 is 50.6 Å². The number of sulfone groups is 1. The predicted molar refractivity (Wildman–Crippen MR) is 189 cm³/mol. The SMILES string of the molecule is CC(C)[C@H](NC(=O)C(Cc1ccc2ccccc2n1)NC(O)[C@H](CC(=O)O)NC(=O)OCc1ccccc1)C(=O)N[C@H](/C=C/S(C)(=O)=O)CC(=O)O. The van der Waals surface area contributed by atoms with Crippen LogP contribution in [0.1, 0.15) is 37.9 Å². The number of fused-ring (bicyclic) bond motifs is 1. The number of aliphatic hydroxyl groups excluding tert-OH is 1. The van der Waals surface area contributed by atoms with Crippen molar-refractivity contribution in [3.63, 3.8) is 0 Å². The molecule has 280 valence electrons. The Bertz CT molecular complexity index is 1850. The van der Waals surface area contributed by atoms with Gasteiger partial charge in [-0.25, -0.2) is 13.2 Å². The number of carboxylic acid groups (broad SMARTS) is 2. The minimum absolute atomic E-state index is 0.134. The molecular formula is C35H43N5O11S. The van der Waals surface area contributed by atoms with Crippen LogP contribution in [0.15, 0.2) is 78.2 Å². The van der Waals surface area contributed by atoms with Gasteiger partial charge in [0.15, 0.2) is 9.84 Å². The number of rotatable bonds is 19. The minimum Gasteiger partial charge on any atom is -0.481 e. The van der Waals surface area contributed by atoms with Crippen molar-refractivity contribution in [3.8, 4) is 0 Å². The fraction of sp³-hybridized carbons (Fsp3) is 0.371. The molecule has 0 aliphatic carbocycles. The van der Waals surface area contributed by atoms with E-state index in [0.717, 1.165) is 23.1 Å². The monoisotopic (exact) mass is 741 g/mol. The number of aliphatic hydroxyl groups is 1. The van der Waals surface area contributed by atoms with E-state index in [1.54, 1.807) is 68.4 Å². The molecule has 7 N–H and O–H groups in total. The molecule has 3 amide bonds. The third-order valence-electron chi connectivity index (χ3n) is 7.58. The van der Waals surface area contributed by atoms with Gasteiger partial charge in [0, 0.05) is 29.2 Å². The number of benzene rings is 2. The molecule has 0 aliphatic rings. The van der Waals surface area contributed by atoms with Gasteiger partial charge in [-0.1, -0.05) is 74.5 Å². The molecule has 3 rings (SSSR count). The first-order chi connectivity index (χ1) is 24.5. The molecule has 0 radical (unpaired) electrons. The van der Waals surface area contributed by atoms with E-state index in [9.17, 15) is 47.7 Å². The van der Waals surface area contributed by atoms with Crippen LogP contribution in [0.2, 0.25) is 0 Å². The second-order valence-corrected chi connectivity index (χ2v) is 14.3. The standard InChI is InChI=1S/C35H43N5O11S/c1-21(2)31(34(47)37-25(18-29(41)42)15-16-52(3,49)50)40-33(46)27(17-24-14-13-23-11-7-8-12-26(23)36-24)38-32(45)28(19-30(43)44)39-35(48)51-20-22-9-5-4-6-10-22/h4-16,21,25,27-28,31-32,38,45H,17-20H2,1-3H3,(H,37,47)(H,39,48)(H,40,46)(H,41,42)(H,43,44)/b16-15+/t25-,27?,28+,31+,32?/m1/s1. The van der Waals surface area contributed by atoms with Crippen molar-refractivity contribution in [2.75, 3.05) is 6.26 Å². The molecule has 0 saturated heterocycles. The number of para-hydroxylation sites is 1. The average molecular weight is 742 g/mol. The summed E-state index contributed by atoms with van der Waals surface area (Å²) in [7, 11) is -3.65. The van der Waals surface area contributed by atoms with E-state index in [-0.39, 0.29) is 13.0 Å². The predicted octanol–water partition coefficient (Wildman–Crippen LogP) is 1.48. The number of nitrogens with one attached hydrogen (secondary N) is 4. The van der Waals surface area contributed by atoms with Crippen LogP contribution in [-0.4, -0.2) is 95.2 Å². The number of aliphatic carboxylic acids is 2. The molecule has 3 aromatic rings. The van der Waals surface area contributed by atoms with Crippen molar-refractivity contribution in [3.05, 3.63) is 89.5 Å². The number of amides is 3. The number of carboxylic acids is 2. The molecule has 0 aliphatic heterocycles. The van der Waals surface area contributed by atoms with Crippen molar-refractivity contribution in [2.45, 2.75) is 70.1 Å². The summed E-state index contributed by atoms with van der Waals surface area (Å²) in [5, 5.41) is 41.7. The topological polar surface area (TPSA) is 250 Å². The zero-order chi connectivity index (χ0) is 38.4. The Kier molecular flexibility index (Phi) is 15.2. The summed E-state index contributed by atoms with van der Waals surface area (Å²) in [6.07, 6.45) is -2.51. The van der Waals surface area contributed by atoms with Gasteiger partial charge in [-0.15, -0.1) is 0 Å². The highest BCUT2D eigenvalue weighted by Crippen LogP contribution is 2.14. The Hall–Kier alpha value is -5.39. The van der Waals surface area contributed by atoms with E-state index in [0.29, 0.717) is 16.8 Å². The molecule has 1 aromatic heterocycles. The van der Waals surface area contributed by atoms with Crippen LogP contribution in [0.25, 0.3) is 10.9 Å². The van der Waals surface area contributed by atoms with Crippen LogP contribution in [0, 0.1) is 5.92 Å². The van der Waals surface area contributed by atoms with Gasteiger partial charge in [-0.2, -0.15) is 0 Å². The number of alkyl carbamates (subject to hydrolysis) is 1. The third kappa shape index (κ3) is 14.1. The first-order valence-electron chi connectivity index (χ1n) is 16.2. The highest BCUT2D eigenvalue weighted by molar-refractivity contribution is 7.93. The van der Waals surface area contributed by atoms with Crippen LogP contribution in [0.5, 0.6) is 0 Å². The zero-order valence-corrected chi connectivity index (χ0v) is 29.6. The summed E-state index contributed by atoms with van der Waals surface area (Å²) in [6, 6.07) is 14.0. The molecule has 17 heteroatoms. The molecule has 0 bridgehead atoms. The number of carbonyl (C=O) groups excluding carboxylic acids is 3. The fourth-order valence-corrected chi connectivity index (χ4v) is 5.46. The smallest absolute Gasteiger partial charge is 0.407 e. The Morgan fingerprint density at radius 1 is 0.846 bits per heavy atom. The van der Waals surface area contributed by atoms with E-state index < -0.39 is 88.8 Å². The molecular weight excluding hydrogens is 698 g/mol. The van der Waals surface area contributed by atoms with Crippen molar-refractivity contribution in [1.29, 1.82) is 0 Å². The number of ether oxygens (including phenoxy) is 1. The second-order valence-electron chi connectivity index (χ2n) is 12.4. The number of nitrogens with zero attached hydrogens (tertiary/aromatic N) is 1. The van der Waals surface area contributed by atoms with Gasteiger partial charge in [-0.3, -0.25) is 29.5 Å². The summed E-state index contributed by atoms with van der Waals surface area (Å²) >= 11 is 0. The number of hydrogen-bond donors (Lipinski definition) is 7. The largest absolute Gasteiger partial charge is 0.481 e. The van der Waals surface area contributed by atoms with Crippen molar-refractivity contribution < 1.29 is 52.4 Å². The average Bonchev–Trinajstić information content (AvgIpc) is 3.07. The van der Waals surface area contributed by atoms with Gasteiger partial charge < -0.3 is 36.0 Å². The lowest BCUT2D eigenvalue weighted by atomic mass is 10.0. The Morgan fingerprint density at radius 2 is 1.50 bits per heavy atom. The molecule has 0 fully saturated rings. The Morgan fingerprint density at radius 3 is 2.13 bits per heavy atom. The summed E-state index contributed by atoms with van der Waals surface area (Å²) in [6.45, 7) is 3.09. The molecule has 0 saturated carbocycles. The minimum atomic E-state index is -3.65. The lowest BCUT2D eigenvalue weighted by molar-refractivity contribution is -0.139. The van der Waals surface area contributed by atoms with Crippen LogP contribution in [-0.2, 0) is 46.8 Å². The zero-order valence-electron chi connectivity index (χ0n) is 28.8. The summed E-state index contributed by atoms with van der Waals surface area (Å²) in [4.78, 5) is 67.6. The van der Waals surface area contributed by atoms with Gasteiger partial charge in [-0.05, 0) is 23.6 Å². The first-order valence-corrected chi connectivity index (χ1v) is 18.1. The van der Waals surface area contributed by atoms with E-state index in [1.807, 2.05) is 12.1 Å². The molecule has 16 nitrogen and oxygen atoms in total. The second kappa shape index (κ2) is 19.3. The molecule has 1 heterocycles. The molecule has 2 aromatic carbocycles. The number of carbonyl (C=O) groups is 5. The lowest BCUT2D eigenvalue weighted by Crippen LogP contribution is -2.60. The van der Waals surface area contributed by atoms with Gasteiger partial charge in [0.1, 0.15) is 18.9 Å². The van der Waals surface area contributed by atoms with E-state index >= 15 is 0 Å². The van der Waals surface area contributed by atoms with Crippen LogP contribution >= 0.6 is 0 Å². The van der Waals surface area contributed by atoms with Gasteiger partial charge in [0.2, 0.25) is 11.8 Å². The van der Waals surface area contributed by atoms with Gasteiger partial charge >= 0.3 is 18.0 Å². The third-order valence-corrected chi connectivity index (χ3v) is 8.23. The van der Waals surface area contributed by atoms with Crippen molar-refractivity contribution in [2.24, 2.45) is 5.92 Å². The van der Waals surface area contributed by atoms with Crippen LogP contribution in [0.3, 0.4) is 0 Å². The lowest BCUT2D eigenvalue weighted by Gasteiger charge is -2.30. The van der Waals surface area contributed by atoms with Gasteiger partial charge in [0.25, 0.3) is 0 Å². The maximum atomic E-state index is 13.9. The highest BCUT2D eigenvalue weighted by atomic mass is 32.2. The maximum absolute atomic E-state index is 13.9. The van der Waals surface area contributed by atoms with Gasteiger partial charge in [0.05, 0.1) is 36.5 Å². The van der Waals surface area contributed by atoms with Crippen LogP contribution in [0.4, 0.5) is 4.79 Å². The Labute approximate surface area is 300 Å². The molecule has 5 atom stereocenters. The van der Waals surface area contributed by atoms with Crippen LogP contribution < -0.4 is 21.3 Å². The first kappa shape index (κ1) is 41.0. The van der Waals surface area contributed by atoms with E-state index in [4.69, 9.17) is 4.74 Å². The quantitative estimate of drug-likeness (QED) is 0.0862. The summed E-state index contributed by atoms with van der Waals surface area (Å²) < 4.78 is 28.5. The number of aromatic nitrogens is 1. The van der Waals surface area contributed by atoms with E-state index in [2.05, 4.69) is 26.3 Å². The normalized spacial score (nSPS) is 14.6.